The number of carbonyl (C=O) groups is 1. The molecule has 2 aromatic heterocycles. The quantitative estimate of drug-likeness (QED) is 0.558. The number of furan rings is 1. The first kappa shape index (κ1) is 21.1. The molecule has 0 bridgehead atoms. The molecule has 0 unspecified atom stereocenters. The number of amides is 1. The summed E-state index contributed by atoms with van der Waals surface area (Å²) >= 11 is 0. The first-order chi connectivity index (χ1) is 15.2. The van der Waals surface area contributed by atoms with Crippen molar-refractivity contribution in [2.75, 3.05) is 45.9 Å². The summed E-state index contributed by atoms with van der Waals surface area (Å²) in [5, 5.41) is 6.99. The molecule has 3 heterocycles. The van der Waals surface area contributed by atoms with E-state index in [4.69, 9.17) is 13.7 Å². The summed E-state index contributed by atoms with van der Waals surface area (Å²) < 4.78 is 16.0. The van der Waals surface area contributed by atoms with Gasteiger partial charge in [0.15, 0.2) is 5.76 Å². The molecule has 1 N–H and O–H groups in total. The topological polar surface area (TPSA) is 96.9 Å². The smallest absolute Gasteiger partial charge is 0.287 e. The third kappa shape index (κ3) is 5.71. The minimum Gasteiger partial charge on any atom is -0.494 e. The summed E-state index contributed by atoms with van der Waals surface area (Å²) in [4.78, 5) is 21.1. The zero-order chi connectivity index (χ0) is 21.5. The fourth-order valence-corrected chi connectivity index (χ4v) is 3.49. The SMILES string of the molecule is CCOc1ccc(-c2noc(CN3CCN(CCNC(=O)c4ccco4)CC3)n2)cc1. The van der Waals surface area contributed by atoms with Crippen molar-refractivity contribution in [1.82, 2.24) is 25.3 Å². The minimum atomic E-state index is -0.177. The predicted molar refractivity (Wildman–Crippen MR) is 114 cm³/mol. The number of benzene rings is 1. The summed E-state index contributed by atoms with van der Waals surface area (Å²) in [6, 6.07) is 11.0. The van der Waals surface area contributed by atoms with Gasteiger partial charge in [0.05, 0.1) is 19.4 Å². The molecule has 1 aliphatic heterocycles. The highest BCUT2D eigenvalue weighted by Crippen LogP contribution is 2.20. The van der Waals surface area contributed by atoms with E-state index >= 15 is 0 Å². The maximum atomic E-state index is 11.9. The number of hydrogen-bond donors (Lipinski definition) is 1. The first-order valence-corrected chi connectivity index (χ1v) is 10.5. The van der Waals surface area contributed by atoms with Gasteiger partial charge in [-0.1, -0.05) is 5.16 Å². The van der Waals surface area contributed by atoms with Crippen molar-refractivity contribution in [3.05, 3.63) is 54.3 Å². The van der Waals surface area contributed by atoms with Crippen molar-refractivity contribution < 1.29 is 18.5 Å². The van der Waals surface area contributed by atoms with E-state index in [1.54, 1.807) is 12.1 Å². The molecule has 3 aromatic rings. The second-order valence-corrected chi connectivity index (χ2v) is 7.32. The summed E-state index contributed by atoms with van der Waals surface area (Å²) in [7, 11) is 0. The maximum absolute atomic E-state index is 11.9. The lowest BCUT2D eigenvalue weighted by Crippen LogP contribution is -2.48. The van der Waals surface area contributed by atoms with Crippen LogP contribution in [0.1, 0.15) is 23.4 Å². The highest BCUT2D eigenvalue weighted by atomic mass is 16.5. The molecule has 0 atom stereocenters. The molecule has 31 heavy (non-hydrogen) atoms. The number of carbonyl (C=O) groups excluding carboxylic acids is 1. The van der Waals surface area contributed by atoms with Crippen LogP contribution in [0, 0.1) is 0 Å². The van der Waals surface area contributed by atoms with E-state index < -0.39 is 0 Å². The highest BCUT2D eigenvalue weighted by molar-refractivity contribution is 5.91. The largest absolute Gasteiger partial charge is 0.494 e. The summed E-state index contributed by atoms with van der Waals surface area (Å²) in [5.74, 6) is 2.19. The van der Waals surface area contributed by atoms with E-state index in [0.717, 1.165) is 44.0 Å². The standard InChI is InChI=1S/C22H27N5O4/c1-2-29-18-7-5-17(6-8-18)21-24-20(31-25-21)16-27-13-11-26(12-14-27)10-9-23-22(28)19-4-3-15-30-19/h3-8,15H,2,9-14,16H2,1H3,(H,23,28). The van der Waals surface area contributed by atoms with Crippen LogP contribution >= 0.6 is 0 Å². The molecular weight excluding hydrogens is 398 g/mol. The molecule has 164 valence electrons. The van der Waals surface area contributed by atoms with Gasteiger partial charge in [-0.05, 0) is 43.3 Å². The van der Waals surface area contributed by atoms with Crippen molar-refractivity contribution in [3.8, 4) is 17.1 Å². The second-order valence-electron chi connectivity index (χ2n) is 7.32. The van der Waals surface area contributed by atoms with Gasteiger partial charge in [0.2, 0.25) is 11.7 Å². The van der Waals surface area contributed by atoms with Crippen molar-refractivity contribution >= 4 is 5.91 Å². The van der Waals surface area contributed by atoms with Gasteiger partial charge in [0, 0.05) is 44.8 Å². The zero-order valence-electron chi connectivity index (χ0n) is 17.6. The lowest BCUT2D eigenvalue weighted by Gasteiger charge is -2.33. The third-order valence-corrected chi connectivity index (χ3v) is 5.17. The van der Waals surface area contributed by atoms with Gasteiger partial charge in [-0.2, -0.15) is 4.98 Å². The molecule has 4 rings (SSSR count). The molecule has 1 fully saturated rings. The number of hydrogen-bond acceptors (Lipinski definition) is 8. The molecule has 0 spiro atoms. The number of rotatable bonds is 9. The molecule has 1 saturated heterocycles. The van der Waals surface area contributed by atoms with Gasteiger partial charge in [0.1, 0.15) is 5.75 Å². The Bertz CT molecular complexity index is 947. The monoisotopic (exact) mass is 425 g/mol. The molecule has 1 amide bonds. The molecule has 9 heteroatoms. The van der Waals surface area contributed by atoms with Crippen molar-refractivity contribution in [2.45, 2.75) is 13.5 Å². The Morgan fingerprint density at radius 1 is 1.13 bits per heavy atom. The molecule has 9 nitrogen and oxygen atoms in total. The predicted octanol–water partition coefficient (Wildman–Crippen LogP) is 2.28. The average Bonchev–Trinajstić information content (AvgIpc) is 3.48. The van der Waals surface area contributed by atoms with Crippen LogP contribution in [-0.2, 0) is 6.54 Å². The van der Waals surface area contributed by atoms with Gasteiger partial charge in [-0.15, -0.1) is 0 Å². The zero-order valence-corrected chi connectivity index (χ0v) is 17.6. The normalized spacial score (nSPS) is 15.1. The fraction of sp³-hybridized carbons (Fsp3) is 0.409. The second kappa shape index (κ2) is 10.2. The van der Waals surface area contributed by atoms with Gasteiger partial charge < -0.3 is 19.0 Å². The number of ether oxygens (including phenoxy) is 1. The third-order valence-electron chi connectivity index (χ3n) is 5.17. The van der Waals surface area contributed by atoms with Gasteiger partial charge >= 0.3 is 0 Å². The Morgan fingerprint density at radius 2 is 1.90 bits per heavy atom. The molecule has 0 radical (unpaired) electrons. The average molecular weight is 425 g/mol. The first-order valence-electron chi connectivity index (χ1n) is 10.5. The Kier molecular flexibility index (Phi) is 6.96. The van der Waals surface area contributed by atoms with E-state index in [2.05, 4.69) is 25.3 Å². The van der Waals surface area contributed by atoms with Crippen LogP contribution in [0.3, 0.4) is 0 Å². The van der Waals surface area contributed by atoms with E-state index in [1.165, 1.54) is 6.26 Å². The van der Waals surface area contributed by atoms with Crippen LogP contribution in [0.4, 0.5) is 0 Å². The number of aromatic nitrogens is 2. The molecule has 0 aliphatic carbocycles. The lowest BCUT2D eigenvalue weighted by molar-refractivity contribution is 0.0902. The van der Waals surface area contributed by atoms with E-state index in [9.17, 15) is 4.79 Å². The minimum absolute atomic E-state index is 0.177. The Hall–Kier alpha value is -3.17. The summed E-state index contributed by atoms with van der Waals surface area (Å²) in [6.07, 6.45) is 1.50. The van der Waals surface area contributed by atoms with Crippen molar-refractivity contribution in [3.63, 3.8) is 0 Å². The molecular formula is C22H27N5O4. The van der Waals surface area contributed by atoms with Gasteiger partial charge in [0.25, 0.3) is 5.91 Å². The van der Waals surface area contributed by atoms with E-state index in [1.807, 2.05) is 31.2 Å². The number of nitrogens with one attached hydrogen (secondary N) is 1. The summed E-state index contributed by atoms with van der Waals surface area (Å²) in [6.45, 7) is 8.30. The van der Waals surface area contributed by atoms with Gasteiger partial charge in [-0.25, -0.2) is 0 Å². The highest BCUT2D eigenvalue weighted by Gasteiger charge is 2.19. The number of nitrogens with zero attached hydrogens (tertiary/aromatic N) is 4. The van der Waals surface area contributed by atoms with Crippen LogP contribution in [0.2, 0.25) is 0 Å². The maximum Gasteiger partial charge on any atom is 0.287 e. The van der Waals surface area contributed by atoms with Crippen LogP contribution < -0.4 is 10.1 Å². The van der Waals surface area contributed by atoms with Crippen molar-refractivity contribution in [2.24, 2.45) is 0 Å². The summed E-state index contributed by atoms with van der Waals surface area (Å²) in [5.41, 5.74) is 0.903. The van der Waals surface area contributed by atoms with E-state index in [-0.39, 0.29) is 5.91 Å². The Balaban J connectivity index is 1.19. The van der Waals surface area contributed by atoms with E-state index in [0.29, 0.717) is 37.2 Å². The van der Waals surface area contributed by atoms with Crippen LogP contribution in [0.5, 0.6) is 5.75 Å². The molecule has 0 saturated carbocycles. The van der Waals surface area contributed by atoms with Crippen LogP contribution in [0.15, 0.2) is 51.6 Å². The van der Waals surface area contributed by atoms with Crippen LogP contribution in [0.25, 0.3) is 11.4 Å². The molecule has 1 aliphatic rings. The fourth-order valence-electron chi connectivity index (χ4n) is 3.49. The van der Waals surface area contributed by atoms with Crippen LogP contribution in [-0.4, -0.2) is 71.7 Å². The van der Waals surface area contributed by atoms with Gasteiger partial charge in [-0.3, -0.25) is 14.6 Å². The lowest BCUT2D eigenvalue weighted by atomic mass is 10.2. The van der Waals surface area contributed by atoms with Crippen molar-refractivity contribution in [1.29, 1.82) is 0 Å². The molecule has 1 aromatic carbocycles. The number of piperazine rings is 1. The Labute approximate surface area is 181 Å². The Morgan fingerprint density at radius 3 is 2.61 bits per heavy atom.